The van der Waals surface area contributed by atoms with Gasteiger partial charge in [0.1, 0.15) is 12.1 Å². The van der Waals surface area contributed by atoms with E-state index in [-0.39, 0.29) is 6.04 Å². The average molecular weight is 403 g/mol. The van der Waals surface area contributed by atoms with Crippen molar-refractivity contribution < 1.29 is 0 Å². The van der Waals surface area contributed by atoms with Crippen molar-refractivity contribution in [2.75, 3.05) is 5.32 Å². The number of anilines is 1. The number of nitrogens with zero attached hydrogens (tertiary/aromatic N) is 7. The van der Waals surface area contributed by atoms with E-state index in [4.69, 9.17) is 23.2 Å². The van der Waals surface area contributed by atoms with E-state index in [9.17, 15) is 0 Å². The van der Waals surface area contributed by atoms with E-state index in [1.54, 1.807) is 29.0 Å². The molecule has 3 heterocycles. The zero-order chi connectivity index (χ0) is 19.0. The van der Waals surface area contributed by atoms with Gasteiger partial charge in [-0.25, -0.2) is 0 Å². The van der Waals surface area contributed by atoms with E-state index in [0.29, 0.717) is 33.9 Å². The molecule has 0 bridgehead atoms. The second kappa shape index (κ2) is 7.13. The van der Waals surface area contributed by atoms with Crippen LogP contribution in [0.15, 0.2) is 36.7 Å². The minimum absolute atomic E-state index is 0.282. The van der Waals surface area contributed by atoms with Gasteiger partial charge in [0.25, 0.3) is 0 Å². The predicted octanol–water partition coefficient (Wildman–Crippen LogP) is 3.88. The maximum atomic E-state index is 6.11. The molecule has 10 heteroatoms. The van der Waals surface area contributed by atoms with Gasteiger partial charge in [0, 0.05) is 21.7 Å². The van der Waals surface area contributed by atoms with Crippen LogP contribution >= 0.6 is 23.2 Å². The number of rotatable bonds is 5. The Morgan fingerprint density at radius 1 is 1.04 bits per heavy atom. The van der Waals surface area contributed by atoms with Crippen LogP contribution in [0.25, 0.3) is 17.0 Å². The molecule has 1 aromatic carbocycles. The van der Waals surface area contributed by atoms with E-state index in [1.807, 2.05) is 16.7 Å². The molecule has 1 N–H and O–H groups in total. The summed E-state index contributed by atoms with van der Waals surface area (Å²) in [5, 5.41) is 25.4. The molecule has 0 aliphatic rings. The highest BCUT2D eigenvalue weighted by Gasteiger charge is 2.12. The zero-order valence-corrected chi connectivity index (χ0v) is 16.1. The van der Waals surface area contributed by atoms with Crippen molar-refractivity contribution in [1.29, 1.82) is 0 Å². The first-order valence-corrected chi connectivity index (χ1v) is 9.08. The first-order chi connectivity index (χ1) is 13.0. The topological polar surface area (TPSA) is 85.8 Å². The second-order valence-corrected chi connectivity index (χ2v) is 7.14. The van der Waals surface area contributed by atoms with E-state index >= 15 is 0 Å². The summed E-state index contributed by atoms with van der Waals surface area (Å²) < 4.78 is 3.65. The summed E-state index contributed by atoms with van der Waals surface area (Å²) in [6, 6.07) is 9.18. The van der Waals surface area contributed by atoms with Crippen LogP contribution in [-0.2, 0) is 6.54 Å². The molecule has 0 spiro atoms. The van der Waals surface area contributed by atoms with Gasteiger partial charge in [0.15, 0.2) is 17.3 Å². The maximum absolute atomic E-state index is 6.11. The Morgan fingerprint density at radius 2 is 1.81 bits per heavy atom. The monoisotopic (exact) mass is 402 g/mol. The third kappa shape index (κ3) is 3.58. The highest BCUT2D eigenvalue weighted by atomic mass is 35.5. The molecule has 138 valence electrons. The van der Waals surface area contributed by atoms with E-state index in [2.05, 4.69) is 44.7 Å². The van der Waals surface area contributed by atoms with Gasteiger partial charge in [-0.1, -0.05) is 23.2 Å². The van der Waals surface area contributed by atoms with Gasteiger partial charge in [0.2, 0.25) is 0 Å². The fourth-order valence-electron chi connectivity index (χ4n) is 2.74. The Kier molecular flexibility index (Phi) is 4.67. The largest absolute Gasteiger partial charge is 0.361 e. The fraction of sp³-hybridized carbons (Fsp3) is 0.235. The van der Waals surface area contributed by atoms with Crippen LogP contribution in [0.4, 0.5) is 5.82 Å². The number of hydrogen-bond donors (Lipinski definition) is 1. The molecule has 4 aromatic rings. The van der Waals surface area contributed by atoms with Gasteiger partial charge in [-0.05, 0) is 44.2 Å². The van der Waals surface area contributed by atoms with Gasteiger partial charge in [-0.2, -0.15) is 4.52 Å². The lowest BCUT2D eigenvalue weighted by atomic mass is 10.2. The van der Waals surface area contributed by atoms with Crippen molar-refractivity contribution in [3.05, 3.63) is 52.5 Å². The summed E-state index contributed by atoms with van der Waals surface area (Å²) >= 11 is 12.2. The first kappa shape index (κ1) is 17.7. The Balaban J connectivity index is 1.65. The van der Waals surface area contributed by atoms with Crippen LogP contribution in [0.2, 0.25) is 10.0 Å². The molecule has 8 nitrogen and oxygen atoms in total. The molecule has 0 aliphatic heterocycles. The van der Waals surface area contributed by atoms with E-state index in [1.165, 1.54) is 0 Å². The molecule has 27 heavy (non-hydrogen) atoms. The number of aromatic nitrogens is 7. The zero-order valence-electron chi connectivity index (χ0n) is 14.6. The fourth-order valence-corrected chi connectivity index (χ4v) is 3.27. The summed E-state index contributed by atoms with van der Waals surface area (Å²) in [4.78, 5) is 0. The van der Waals surface area contributed by atoms with Crippen molar-refractivity contribution in [2.24, 2.45) is 0 Å². The van der Waals surface area contributed by atoms with Crippen molar-refractivity contribution >= 4 is 34.7 Å². The Labute approximate surface area is 165 Å². The molecule has 0 atom stereocenters. The van der Waals surface area contributed by atoms with E-state index in [0.717, 1.165) is 11.4 Å². The van der Waals surface area contributed by atoms with Crippen molar-refractivity contribution in [1.82, 2.24) is 34.6 Å². The molecule has 0 amide bonds. The Hall–Kier alpha value is -2.71. The smallest absolute Gasteiger partial charge is 0.185 e. The summed E-state index contributed by atoms with van der Waals surface area (Å²) in [5.41, 5.74) is 1.36. The van der Waals surface area contributed by atoms with Crippen LogP contribution < -0.4 is 5.32 Å². The summed E-state index contributed by atoms with van der Waals surface area (Å²) in [7, 11) is 0. The maximum Gasteiger partial charge on any atom is 0.185 e. The summed E-state index contributed by atoms with van der Waals surface area (Å²) in [5.74, 6) is 2.05. The van der Waals surface area contributed by atoms with Crippen LogP contribution in [-0.4, -0.2) is 34.6 Å². The number of halogens is 2. The Bertz CT molecular complexity index is 1080. The summed E-state index contributed by atoms with van der Waals surface area (Å²) in [6.07, 6.45) is 1.72. The van der Waals surface area contributed by atoms with Gasteiger partial charge < -0.3 is 9.88 Å². The molecule has 0 unspecified atom stereocenters. The highest BCUT2D eigenvalue weighted by molar-refractivity contribution is 6.35. The molecule has 4 rings (SSSR count). The molecule has 0 radical (unpaired) electrons. The van der Waals surface area contributed by atoms with E-state index < -0.39 is 0 Å². The molecule has 0 aliphatic carbocycles. The second-order valence-electron chi connectivity index (χ2n) is 6.27. The number of nitrogens with one attached hydrogen (secondary N) is 1. The molecular weight excluding hydrogens is 387 g/mol. The van der Waals surface area contributed by atoms with Crippen LogP contribution in [0.3, 0.4) is 0 Å². The van der Waals surface area contributed by atoms with Crippen LogP contribution in [0.1, 0.15) is 25.7 Å². The summed E-state index contributed by atoms with van der Waals surface area (Å²) in [6.45, 7) is 4.66. The van der Waals surface area contributed by atoms with Crippen molar-refractivity contribution in [3.8, 4) is 11.4 Å². The standard InChI is InChI=1S/C17H16Cl2N8/c1-10(2)26-9-21-22-16(26)8-20-14-3-4-15-23-24-17(27(15)25-14)11-5-12(18)7-13(19)6-11/h3-7,9-10H,8H2,1-2H3,(H,20,25). The third-order valence-electron chi connectivity index (χ3n) is 4.01. The molecular formula is C17H16Cl2N8. The van der Waals surface area contributed by atoms with Gasteiger partial charge in [0.05, 0.1) is 6.54 Å². The molecule has 0 saturated carbocycles. The minimum Gasteiger partial charge on any atom is -0.361 e. The molecule has 0 saturated heterocycles. The lowest BCUT2D eigenvalue weighted by Gasteiger charge is -2.11. The quantitative estimate of drug-likeness (QED) is 0.544. The first-order valence-electron chi connectivity index (χ1n) is 8.32. The Morgan fingerprint density at radius 3 is 2.56 bits per heavy atom. The molecule has 3 aromatic heterocycles. The number of benzene rings is 1. The number of hydrogen-bond acceptors (Lipinski definition) is 6. The van der Waals surface area contributed by atoms with Gasteiger partial charge in [-0.3, -0.25) is 0 Å². The minimum atomic E-state index is 0.282. The predicted molar refractivity (Wildman–Crippen MR) is 104 cm³/mol. The van der Waals surface area contributed by atoms with Gasteiger partial charge >= 0.3 is 0 Å². The molecule has 0 fully saturated rings. The SMILES string of the molecule is CC(C)n1cnnc1CNc1ccc2nnc(-c3cc(Cl)cc(Cl)c3)n2n1. The lowest BCUT2D eigenvalue weighted by Crippen LogP contribution is -2.11. The average Bonchev–Trinajstić information content (AvgIpc) is 3.25. The van der Waals surface area contributed by atoms with Crippen LogP contribution in [0.5, 0.6) is 0 Å². The van der Waals surface area contributed by atoms with Crippen LogP contribution in [0, 0.1) is 0 Å². The third-order valence-corrected chi connectivity index (χ3v) is 4.45. The van der Waals surface area contributed by atoms with Crippen molar-refractivity contribution in [3.63, 3.8) is 0 Å². The lowest BCUT2D eigenvalue weighted by molar-refractivity contribution is 0.572. The highest BCUT2D eigenvalue weighted by Crippen LogP contribution is 2.26. The normalized spacial score (nSPS) is 11.4. The van der Waals surface area contributed by atoms with Gasteiger partial charge in [-0.15, -0.1) is 25.5 Å². The number of fused-ring (bicyclic) bond motifs is 1. The van der Waals surface area contributed by atoms with Crippen molar-refractivity contribution in [2.45, 2.75) is 26.4 Å².